The van der Waals surface area contributed by atoms with Crippen LogP contribution in [0.5, 0.6) is 0 Å². The third-order valence-electron chi connectivity index (χ3n) is 2.79. The number of urea groups is 1. The number of rotatable bonds is 6. The van der Waals surface area contributed by atoms with E-state index < -0.39 is 12.1 Å². The normalized spacial score (nSPS) is 13.1. The van der Waals surface area contributed by atoms with Crippen molar-refractivity contribution in [2.24, 2.45) is 11.5 Å². The molecule has 1 rings (SSSR count). The van der Waals surface area contributed by atoms with Gasteiger partial charge in [0.15, 0.2) is 0 Å². The van der Waals surface area contributed by atoms with Crippen molar-refractivity contribution in [2.75, 3.05) is 5.32 Å². The monoisotopic (exact) mass is 276 g/mol. The van der Waals surface area contributed by atoms with Crippen LogP contribution in [0.3, 0.4) is 0 Å². The number of nitrogens with two attached hydrogens (primary N) is 2. The highest BCUT2D eigenvalue weighted by atomic mass is 16.2. The molecule has 2 unspecified atom stereocenters. The maximum absolute atomic E-state index is 11.8. The van der Waals surface area contributed by atoms with E-state index in [1.54, 1.807) is 30.3 Å². The fourth-order valence-corrected chi connectivity index (χ4v) is 1.69. The average Bonchev–Trinajstić information content (AvgIpc) is 2.39. The molecule has 1 aromatic carbocycles. The molecule has 6 heteroatoms. The summed E-state index contributed by atoms with van der Waals surface area (Å²) in [6.45, 7) is 5.41. The quantitative estimate of drug-likeness (QED) is 0.587. The number of benzene rings is 1. The molecular weight excluding hydrogens is 256 g/mol. The number of carbonyl (C=O) groups is 2. The third kappa shape index (κ3) is 4.74. The number of hydrogen-bond donors (Lipinski definition) is 4. The summed E-state index contributed by atoms with van der Waals surface area (Å²) in [7, 11) is 0. The molecule has 2 atom stereocenters. The Morgan fingerprint density at radius 3 is 2.45 bits per heavy atom. The maximum Gasteiger partial charge on any atom is 0.316 e. The van der Waals surface area contributed by atoms with E-state index in [0.29, 0.717) is 12.1 Å². The Balaban J connectivity index is 2.63. The van der Waals surface area contributed by atoms with Gasteiger partial charge in [0.1, 0.15) is 0 Å². The summed E-state index contributed by atoms with van der Waals surface area (Å²) in [5, 5.41) is 5.28. The summed E-state index contributed by atoms with van der Waals surface area (Å²) < 4.78 is 0. The Bertz CT molecular complexity index is 484. The van der Waals surface area contributed by atoms with Crippen molar-refractivity contribution in [3.63, 3.8) is 0 Å². The van der Waals surface area contributed by atoms with Crippen LogP contribution >= 0.6 is 0 Å². The Kier molecular flexibility index (Phi) is 5.74. The Morgan fingerprint density at radius 2 is 1.95 bits per heavy atom. The first kappa shape index (κ1) is 15.7. The van der Waals surface area contributed by atoms with Gasteiger partial charge in [-0.1, -0.05) is 18.2 Å². The molecule has 6 N–H and O–H groups in total. The van der Waals surface area contributed by atoms with E-state index in [1.807, 2.05) is 6.92 Å². The summed E-state index contributed by atoms with van der Waals surface area (Å²) >= 11 is 0. The van der Waals surface area contributed by atoms with Gasteiger partial charge < -0.3 is 22.1 Å². The van der Waals surface area contributed by atoms with Crippen LogP contribution in [0.1, 0.15) is 24.9 Å². The van der Waals surface area contributed by atoms with Gasteiger partial charge in [0.2, 0.25) is 5.91 Å². The van der Waals surface area contributed by atoms with E-state index in [0.717, 1.165) is 5.56 Å². The molecule has 6 nitrogen and oxygen atoms in total. The van der Waals surface area contributed by atoms with E-state index in [1.165, 1.54) is 0 Å². The topological polar surface area (TPSA) is 110 Å². The van der Waals surface area contributed by atoms with Crippen molar-refractivity contribution in [1.82, 2.24) is 5.32 Å². The van der Waals surface area contributed by atoms with Crippen molar-refractivity contribution >= 4 is 17.6 Å². The van der Waals surface area contributed by atoms with Crippen molar-refractivity contribution < 1.29 is 9.59 Å². The number of carbonyl (C=O) groups excluding carboxylic acids is 2. The summed E-state index contributed by atoms with van der Waals surface area (Å²) in [5.41, 5.74) is 12.2. The van der Waals surface area contributed by atoms with Crippen LogP contribution in [0, 0.1) is 0 Å². The van der Waals surface area contributed by atoms with Gasteiger partial charge in [-0.15, -0.1) is 6.58 Å². The van der Waals surface area contributed by atoms with Gasteiger partial charge in [0.05, 0.1) is 12.1 Å². The lowest BCUT2D eigenvalue weighted by molar-refractivity contribution is -0.122. The zero-order valence-electron chi connectivity index (χ0n) is 11.4. The predicted octanol–water partition coefficient (Wildman–Crippen LogP) is 1.26. The Labute approximate surface area is 118 Å². The molecular formula is C14H20N4O2. The van der Waals surface area contributed by atoms with Gasteiger partial charge in [-0.3, -0.25) is 4.79 Å². The fourth-order valence-electron chi connectivity index (χ4n) is 1.69. The second-order valence-corrected chi connectivity index (χ2v) is 4.47. The largest absolute Gasteiger partial charge is 0.351 e. The molecule has 0 fully saturated rings. The first-order valence-electron chi connectivity index (χ1n) is 6.27. The highest BCUT2D eigenvalue weighted by molar-refractivity contribution is 5.87. The first-order valence-corrected chi connectivity index (χ1v) is 6.27. The predicted molar refractivity (Wildman–Crippen MR) is 79.0 cm³/mol. The number of primary amides is 1. The summed E-state index contributed by atoms with van der Waals surface area (Å²) in [5.74, 6) is -0.225. The van der Waals surface area contributed by atoms with Crippen molar-refractivity contribution in [1.29, 1.82) is 0 Å². The number of hydrogen-bond acceptors (Lipinski definition) is 3. The molecule has 0 aliphatic heterocycles. The molecule has 0 saturated heterocycles. The molecule has 20 heavy (non-hydrogen) atoms. The fraction of sp³-hybridized carbons (Fsp3) is 0.286. The minimum absolute atomic E-state index is 0.180. The SMILES string of the molecule is C=CCC(N)C(=O)NC(C)c1ccc(NC(N)=O)cc1. The minimum atomic E-state index is -0.616. The second kappa shape index (κ2) is 7.30. The lowest BCUT2D eigenvalue weighted by atomic mass is 10.1. The number of amides is 3. The molecule has 0 aromatic heterocycles. The van der Waals surface area contributed by atoms with Gasteiger partial charge >= 0.3 is 6.03 Å². The van der Waals surface area contributed by atoms with E-state index in [4.69, 9.17) is 11.5 Å². The molecule has 108 valence electrons. The van der Waals surface area contributed by atoms with Gasteiger partial charge in [0.25, 0.3) is 0 Å². The van der Waals surface area contributed by atoms with Crippen LogP contribution in [-0.2, 0) is 4.79 Å². The van der Waals surface area contributed by atoms with E-state index in [2.05, 4.69) is 17.2 Å². The van der Waals surface area contributed by atoms with Crippen molar-refractivity contribution in [2.45, 2.75) is 25.4 Å². The van der Waals surface area contributed by atoms with Crippen molar-refractivity contribution in [3.05, 3.63) is 42.5 Å². The van der Waals surface area contributed by atoms with Gasteiger partial charge in [0, 0.05) is 5.69 Å². The highest BCUT2D eigenvalue weighted by Crippen LogP contribution is 2.16. The molecule has 0 aliphatic carbocycles. The van der Waals surface area contributed by atoms with Crippen LogP contribution in [0.2, 0.25) is 0 Å². The van der Waals surface area contributed by atoms with Crippen LogP contribution in [-0.4, -0.2) is 18.0 Å². The molecule has 0 saturated carbocycles. The van der Waals surface area contributed by atoms with E-state index in [-0.39, 0.29) is 11.9 Å². The second-order valence-electron chi connectivity index (χ2n) is 4.47. The Morgan fingerprint density at radius 1 is 1.35 bits per heavy atom. The van der Waals surface area contributed by atoms with E-state index >= 15 is 0 Å². The molecule has 0 spiro atoms. The minimum Gasteiger partial charge on any atom is -0.351 e. The zero-order chi connectivity index (χ0) is 15.1. The van der Waals surface area contributed by atoms with Gasteiger partial charge in [-0.2, -0.15) is 0 Å². The molecule has 3 amide bonds. The molecule has 1 aromatic rings. The maximum atomic E-state index is 11.8. The molecule has 0 aliphatic rings. The van der Waals surface area contributed by atoms with Crippen LogP contribution < -0.4 is 22.1 Å². The van der Waals surface area contributed by atoms with E-state index in [9.17, 15) is 9.59 Å². The summed E-state index contributed by atoms with van der Waals surface area (Å²) in [6.07, 6.45) is 2.04. The standard InChI is InChI=1S/C14H20N4O2/c1-3-4-12(15)13(19)17-9(2)10-5-7-11(8-6-10)18-14(16)20/h3,5-9,12H,1,4,15H2,2H3,(H,17,19)(H3,16,18,20). The average molecular weight is 276 g/mol. The lowest BCUT2D eigenvalue weighted by Crippen LogP contribution is -2.41. The lowest BCUT2D eigenvalue weighted by Gasteiger charge is -2.17. The number of nitrogens with one attached hydrogen (secondary N) is 2. The van der Waals surface area contributed by atoms with Crippen LogP contribution in [0.4, 0.5) is 10.5 Å². The summed E-state index contributed by atoms with van der Waals surface area (Å²) in [6, 6.07) is 5.64. The van der Waals surface area contributed by atoms with Gasteiger partial charge in [-0.25, -0.2) is 4.79 Å². The third-order valence-corrected chi connectivity index (χ3v) is 2.79. The van der Waals surface area contributed by atoms with Crippen molar-refractivity contribution in [3.8, 4) is 0 Å². The molecule has 0 heterocycles. The summed E-state index contributed by atoms with van der Waals surface area (Å²) in [4.78, 5) is 22.5. The first-order chi connectivity index (χ1) is 9.43. The molecule has 0 radical (unpaired) electrons. The van der Waals surface area contributed by atoms with Gasteiger partial charge in [-0.05, 0) is 31.0 Å². The van der Waals surface area contributed by atoms with Crippen LogP contribution in [0.15, 0.2) is 36.9 Å². The van der Waals surface area contributed by atoms with Crippen LogP contribution in [0.25, 0.3) is 0 Å². The number of anilines is 1. The molecule has 0 bridgehead atoms. The smallest absolute Gasteiger partial charge is 0.316 e. The highest BCUT2D eigenvalue weighted by Gasteiger charge is 2.15. The zero-order valence-corrected chi connectivity index (χ0v) is 11.4. The Hall–Kier alpha value is -2.34.